The van der Waals surface area contributed by atoms with Crippen molar-refractivity contribution in [2.75, 3.05) is 10.6 Å². The fourth-order valence-corrected chi connectivity index (χ4v) is 4.89. The smallest absolute Gasteiger partial charge is 0.324 e. The molecule has 37 heavy (non-hydrogen) atoms. The first-order valence-corrected chi connectivity index (χ1v) is 12.8. The number of hydrogen-bond donors (Lipinski definition) is 3. The molecule has 0 aliphatic carbocycles. The van der Waals surface area contributed by atoms with Crippen molar-refractivity contribution in [1.82, 2.24) is 15.2 Å². The van der Waals surface area contributed by atoms with Crippen molar-refractivity contribution in [2.45, 2.75) is 13.0 Å². The summed E-state index contributed by atoms with van der Waals surface area (Å²) in [6.45, 7) is 0.383. The molecule has 0 saturated carbocycles. The quantitative estimate of drug-likeness (QED) is 0.221. The van der Waals surface area contributed by atoms with Crippen molar-refractivity contribution in [3.63, 3.8) is 0 Å². The van der Waals surface area contributed by atoms with Crippen molar-refractivity contribution < 1.29 is 4.79 Å². The molecule has 2 aromatic heterocycles. The summed E-state index contributed by atoms with van der Waals surface area (Å²) >= 11 is 7.59. The first-order valence-electron chi connectivity index (χ1n) is 11.6. The predicted octanol–water partition coefficient (Wildman–Crippen LogP) is 6.61. The van der Waals surface area contributed by atoms with E-state index < -0.39 is 6.03 Å². The third-order valence-corrected chi connectivity index (χ3v) is 7.07. The Morgan fingerprint density at radius 1 is 0.838 bits per heavy atom. The molecule has 0 spiro atoms. The number of benzene rings is 3. The van der Waals surface area contributed by atoms with Gasteiger partial charge in [0.1, 0.15) is 5.01 Å². The lowest BCUT2D eigenvalue weighted by atomic mass is 10.1. The number of carbonyl (C=O) groups is 1. The number of nitrogens with one attached hydrogen (secondary N) is 2. The van der Waals surface area contributed by atoms with E-state index in [0.29, 0.717) is 29.5 Å². The monoisotopic (exact) mass is 526 g/mol. The summed E-state index contributed by atoms with van der Waals surface area (Å²) in [7, 11) is 0. The number of thiazole rings is 1. The topological polar surface area (TPSA) is 106 Å². The Kier molecular flexibility index (Phi) is 7.51. The van der Waals surface area contributed by atoms with Gasteiger partial charge in [-0.2, -0.15) is 0 Å². The average Bonchev–Trinajstić information content (AvgIpc) is 3.34. The summed E-state index contributed by atoms with van der Waals surface area (Å²) in [6.07, 6.45) is 0.526. The Morgan fingerprint density at radius 3 is 2.32 bits per heavy atom. The van der Waals surface area contributed by atoms with Crippen LogP contribution in [-0.4, -0.2) is 21.2 Å². The molecule has 0 atom stereocenters. The number of para-hydroxylation sites is 1. The number of anilines is 2. The molecular weight excluding hydrogens is 504 g/mol. The van der Waals surface area contributed by atoms with E-state index in [2.05, 4.69) is 20.8 Å². The third-order valence-electron chi connectivity index (χ3n) is 5.65. The fourth-order valence-electron chi connectivity index (χ4n) is 3.81. The maximum absolute atomic E-state index is 12.7. The van der Waals surface area contributed by atoms with E-state index in [4.69, 9.17) is 22.3 Å². The zero-order valence-corrected chi connectivity index (χ0v) is 21.3. The number of nitrogens with zero attached hydrogens (tertiary/aromatic N) is 3. The van der Waals surface area contributed by atoms with Gasteiger partial charge in [0.2, 0.25) is 0 Å². The highest BCUT2D eigenvalue weighted by Crippen LogP contribution is 2.31. The Balaban J connectivity index is 1.29. The van der Waals surface area contributed by atoms with Gasteiger partial charge in [0.05, 0.1) is 11.4 Å². The van der Waals surface area contributed by atoms with Gasteiger partial charge in [-0.05, 0) is 35.9 Å². The highest BCUT2D eigenvalue weighted by Gasteiger charge is 2.15. The second kappa shape index (κ2) is 11.3. The standard InChI is InChI=1S/C28H23ClN6OS/c29-21-12-10-19(11-13-21)27-31-24(25(17-30)37-27)16-20-8-4-5-9-22(20)32-28(36)33-26-15-14-23(34-35-26)18-6-2-1-3-7-18/h1-15H,16-17,30H2,(H2,32,33,35,36). The molecule has 0 saturated heterocycles. The minimum atomic E-state index is -0.409. The second-order valence-electron chi connectivity index (χ2n) is 8.18. The van der Waals surface area contributed by atoms with Crippen LogP contribution in [0.2, 0.25) is 5.02 Å². The number of carbonyl (C=O) groups excluding carboxylic acids is 1. The van der Waals surface area contributed by atoms with Gasteiger partial charge in [-0.1, -0.05) is 72.3 Å². The summed E-state index contributed by atoms with van der Waals surface area (Å²) in [4.78, 5) is 18.6. The second-order valence-corrected chi connectivity index (χ2v) is 9.70. The highest BCUT2D eigenvalue weighted by atomic mass is 35.5. The van der Waals surface area contributed by atoms with Crippen molar-refractivity contribution in [3.05, 3.63) is 112 Å². The summed E-state index contributed by atoms with van der Waals surface area (Å²) in [5.74, 6) is 0.354. The molecule has 0 fully saturated rings. The van der Waals surface area contributed by atoms with Gasteiger partial charge in [-0.15, -0.1) is 21.5 Å². The van der Waals surface area contributed by atoms with Crippen LogP contribution in [0.15, 0.2) is 91.0 Å². The van der Waals surface area contributed by atoms with Gasteiger partial charge in [-0.3, -0.25) is 5.32 Å². The van der Waals surface area contributed by atoms with Gasteiger partial charge in [-0.25, -0.2) is 9.78 Å². The number of rotatable bonds is 7. The van der Waals surface area contributed by atoms with Crippen LogP contribution in [0.25, 0.3) is 21.8 Å². The van der Waals surface area contributed by atoms with E-state index >= 15 is 0 Å². The van der Waals surface area contributed by atoms with Crippen LogP contribution in [0, 0.1) is 0 Å². The fraction of sp³-hybridized carbons (Fsp3) is 0.0714. The first-order chi connectivity index (χ1) is 18.1. The Morgan fingerprint density at radius 2 is 1.59 bits per heavy atom. The number of hydrogen-bond acceptors (Lipinski definition) is 6. The molecule has 0 radical (unpaired) electrons. The third kappa shape index (κ3) is 6.00. The minimum absolute atomic E-state index is 0.354. The zero-order chi connectivity index (χ0) is 25.6. The van der Waals surface area contributed by atoms with Crippen LogP contribution in [0.3, 0.4) is 0 Å². The molecule has 9 heteroatoms. The molecule has 3 aromatic carbocycles. The van der Waals surface area contributed by atoms with Crippen LogP contribution < -0.4 is 16.4 Å². The van der Waals surface area contributed by atoms with Gasteiger partial charge >= 0.3 is 6.03 Å². The Labute approximate surface area is 223 Å². The zero-order valence-electron chi connectivity index (χ0n) is 19.7. The molecule has 184 valence electrons. The van der Waals surface area contributed by atoms with Gasteiger partial charge in [0.25, 0.3) is 0 Å². The number of nitrogens with two attached hydrogens (primary N) is 1. The molecular formula is C28H23ClN6OS. The van der Waals surface area contributed by atoms with Crippen LogP contribution in [-0.2, 0) is 13.0 Å². The summed E-state index contributed by atoms with van der Waals surface area (Å²) in [5.41, 5.74) is 11.2. The summed E-state index contributed by atoms with van der Waals surface area (Å²) < 4.78 is 0. The van der Waals surface area contributed by atoms with Crippen LogP contribution in [0.4, 0.5) is 16.3 Å². The van der Waals surface area contributed by atoms with Crippen LogP contribution in [0.1, 0.15) is 16.1 Å². The molecule has 0 aliphatic rings. The largest absolute Gasteiger partial charge is 0.326 e. The van der Waals surface area contributed by atoms with E-state index in [1.54, 1.807) is 17.4 Å². The van der Waals surface area contributed by atoms with Gasteiger partial charge in [0.15, 0.2) is 5.82 Å². The molecule has 0 aliphatic heterocycles. The average molecular weight is 527 g/mol. The molecule has 0 unspecified atom stereocenters. The van der Waals surface area contributed by atoms with Gasteiger partial charge in [0, 0.05) is 39.7 Å². The lowest BCUT2D eigenvalue weighted by molar-refractivity contribution is 0.262. The number of urea groups is 1. The van der Waals surface area contributed by atoms with E-state index in [1.807, 2.05) is 84.9 Å². The van der Waals surface area contributed by atoms with Crippen molar-refractivity contribution in [2.24, 2.45) is 5.73 Å². The lowest BCUT2D eigenvalue weighted by Crippen LogP contribution is -2.21. The van der Waals surface area contributed by atoms with E-state index in [1.165, 1.54) is 0 Å². The SMILES string of the molecule is NCc1sc(-c2ccc(Cl)cc2)nc1Cc1ccccc1NC(=O)Nc1ccc(-c2ccccc2)nn1. The number of amides is 2. The van der Waals surface area contributed by atoms with Crippen LogP contribution in [0.5, 0.6) is 0 Å². The number of aromatic nitrogens is 3. The first kappa shape index (κ1) is 24.6. The molecule has 2 amide bonds. The van der Waals surface area contributed by atoms with Crippen molar-refractivity contribution >= 4 is 40.5 Å². The molecule has 0 bridgehead atoms. The molecule has 7 nitrogen and oxygen atoms in total. The highest BCUT2D eigenvalue weighted by molar-refractivity contribution is 7.15. The normalized spacial score (nSPS) is 10.8. The number of halogens is 1. The molecule has 2 heterocycles. The van der Waals surface area contributed by atoms with E-state index in [-0.39, 0.29) is 0 Å². The van der Waals surface area contributed by atoms with Crippen molar-refractivity contribution in [3.8, 4) is 21.8 Å². The molecule has 5 aromatic rings. The van der Waals surface area contributed by atoms with Crippen molar-refractivity contribution in [1.29, 1.82) is 0 Å². The molecule has 5 rings (SSSR count). The van der Waals surface area contributed by atoms with Crippen LogP contribution >= 0.6 is 22.9 Å². The van der Waals surface area contributed by atoms with E-state index in [0.717, 1.165) is 38.0 Å². The van der Waals surface area contributed by atoms with E-state index in [9.17, 15) is 4.79 Å². The Hall–Kier alpha value is -4.11. The Bertz CT molecular complexity index is 1500. The summed E-state index contributed by atoms with van der Waals surface area (Å²) in [5, 5.41) is 15.6. The summed E-state index contributed by atoms with van der Waals surface area (Å²) in [6, 6.07) is 28.1. The lowest BCUT2D eigenvalue weighted by Gasteiger charge is -2.11. The minimum Gasteiger partial charge on any atom is -0.326 e. The maximum atomic E-state index is 12.7. The maximum Gasteiger partial charge on any atom is 0.324 e. The predicted molar refractivity (Wildman–Crippen MR) is 150 cm³/mol. The van der Waals surface area contributed by atoms with Gasteiger partial charge < -0.3 is 11.1 Å². The molecule has 4 N–H and O–H groups in total.